The van der Waals surface area contributed by atoms with Crippen LogP contribution in [0.25, 0.3) is 0 Å². The summed E-state index contributed by atoms with van der Waals surface area (Å²) >= 11 is 0. The number of phosphoric ester groups is 1. The van der Waals surface area contributed by atoms with E-state index in [4.69, 9.17) is 9.05 Å². The molecule has 358 valence electrons. The fraction of sp³-hybridized carbons (Fsp3) is 0.827. The summed E-state index contributed by atoms with van der Waals surface area (Å²) in [6.07, 6.45) is 57.0. The van der Waals surface area contributed by atoms with Gasteiger partial charge in [-0.1, -0.05) is 217 Å². The van der Waals surface area contributed by atoms with Crippen molar-refractivity contribution in [2.24, 2.45) is 0 Å². The van der Waals surface area contributed by atoms with Gasteiger partial charge < -0.3 is 28.8 Å². The van der Waals surface area contributed by atoms with Crippen molar-refractivity contribution in [1.29, 1.82) is 0 Å². The highest BCUT2D eigenvalue weighted by Gasteiger charge is 2.23. The highest BCUT2D eigenvalue weighted by Crippen LogP contribution is 2.38. The van der Waals surface area contributed by atoms with Crippen LogP contribution in [-0.4, -0.2) is 68.5 Å². The average molecular weight is 879 g/mol. The summed E-state index contributed by atoms with van der Waals surface area (Å²) in [6.45, 7) is 4.48. The molecular formula is C52H99N2O6P. The predicted molar refractivity (Wildman–Crippen MR) is 261 cm³/mol. The molecular weight excluding hydrogens is 780 g/mol. The van der Waals surface area contributed by atoms with E-state index in [1.165, 1.54) is 154 Å². The Morgan fingerprint density at radius 3 is 1.41 bits per heavy atom. The molecule has 9 heteroatoms. The molecule has 0 aromatic carbocycles. The fourth-order valence-corrected chi connectivity index (χ4v) is 7.93. The number of hydrogen-bond acceptors (Lipinski definition) is 6. The van der Waals surface area contributed by atoms with Crippen LogP contribution in [-0.2, 0) is 18.4 Å². The number of likely N-dealkylation sites (N-methyl/N-ethyl adjacent to an activating group) is 1. The van der Waals surface area contributed by atoms with E-state index in [1.54, 1.807) is 6.08 Å². The SMILES string of the molecule is CCCC/C=C/C(O)C(COP(=O)([O-])OCC[N+](C)(C)C)NC(=O)CCCCCCCCCCCCCCCCCCCCCC/C=C\C/C=C\C/C=C\CCCCCCC. The number of nitrogens with one attached hydrogen (secondary N) is 1. The Hall–Kier alpha value is -1.54. The minimum Gasteiger partial charge on any atom is -0.756 e. The van der Waals surface area contributed by atoms with Crippen molar-refractivity contribution in [1.82, 2.24) is 5.32 Å². The first kappa shape index (κ1) is 59.5. The third kappa shape index (κ3) is 46.3. The molecule has 1 amide bonds. The molecule has 0 fully saturated rings. The Bertz CT molecular complexity index is 1130. The van der Waals surface area contributed by atoms with Gasteiger partial charge in [-0.25, -0.2) is 0 Å². The molecule has 0 saturated heterocycles. The maximum atomic E-state index is 12.7. The predicted octanol–water partition coefficient (Wildman–Crippen LogP) is 14.2. The molecule has 0 radical (unpaired) electrons. The van der Waals surface area contributed by atoms with Gasteiger partial charge in [0.05, 0.1) is 39.9 Å². The summed E-state index contributed by atoms with van der Waals surface area (Å²) in [6, 6.07) is -0.881. The van der Waals surface area contributed by atoms with Gasteiger partial charge in [0.2, 0.25) is 5.91 Å². The van der Waals surface area contributed by atoms with E-state index in [1.807, 2.05) is 27.2 Å². The second kappa shape index (κ2) is 43.7. The Labute approximate surface area is 378 Å². The molecule has 3 atom stereocenters. The van der Waals surface area contributed by atoms with Crippen molar-refractivity contribution in [3.63, 3.8) is 0 Å². The van der Waals surface area contributed by atoms with Gasteiger partial charge in [0.15, 0.2) is 0 Å². The summed E-state index contributed by atoms with van der Waals surface area (Å²) in [5.41, 5.74) is 0. The van der Waals surface area contributed by atoms with Gasteiger partial charge in [-0.15, -0.1) is 0 Å². The van der Waals surface area contributed by atoms with Crippen molar-refractivity contribution < 1.29 is 32.9 Å². The third-order valence-electron chi connectivity index (χ3n) is 11.3. The van der Waals surface area contributed by atoms with Crippen molar-refractivity contribution in [2.45, 2.75) is 238 Å². The lowest BCUT2D eigenvalue weighted by atomic mass is 10.0. The maximum absolute atomic E-state index is 12.7. The van der Waals surface area contributed by atoms with Crippen LogP contribution < -0.4 is 10.2 Å². The Balaban J connectivity index is 3.74. The number of quaternary nitrogens is 1. The largest absolute Gasteiger partial charge is 0.756 e. The molecule has 61 heavy (non-hydrogen) atoms. The topological polar surface area (TPSA) is 108 Å². The van der Waals surface area contributed by atoms with Gasteiger partial charge in [-0.2, -0.15) is 0 Å². The monoisotopic (exact) mass is 879 g/mol. The van der Waals surface area contributed by atoms with E-state index in [9.17, 15) is 19.4 Å². The second-order valence-corrected chi connectivity index (χ2v) is 19.9. The van der Waals surface area contributed by atoms with Crippen LogP contribution in [0.15, 0.2) is 48.6 Å². The number of hydrogen-bond donors (Lipinski definition) is 2. The Kier molecular flexibility index (Phi) is 42.6. The highest BCUT2D eigenvalue weighted by atomic mass is 31.2. The van der Waals surface area contributed by atoms with Gasteiger partial charge in [0.1, 0.15) is 13.2 Å². The van der Waals surface area contributed by atoms with Crippen LogP contribution >= 0.6 is 7.82 Å². The van der Waals surface area contributed by atoms with Gasteiger partial charge >= 0.3 is 0 Å². The summed E-state index contributed by atoms with van der Waals surface area (Å²) in [5, 5.41) is 13.5. The molecule has 0 aromatic rings. The summed E-state index contributed by atoms with van der Waals surface area (Å²) in [7, 11) is 1.26. The number of phosphoric acid groups is 1. The average Bonchev–Trinajstić information content (AvgIpc) is 3.21. The third-order valence-corrected chi connectivity index (χ3v) is 12.2. The lowest BCUT2D eigenvalue weighted by Crippen LogP contribution is -2.45. The van der Waals surface area contributed by atoms with E-state index >= 15 is 0 Å². The lowest BCUT2D eigenvalue weighted by molar-refractivity contribution is -0.870. The number of unbranched alkanes of at least 4 members (excludes halogenated alkanes) is 27. The molecule has 0 aliphatic heterocycles. The zero-order valence-electron chi connectivity index (χ0n) is 40.6. The Morgan fingerprint density at radius 1 is 0.574 bits per heavy atom. The first-order valence-electron chi connectivity index (χ1n) is 25.5. The van der Waals surface area contributed by atoms with Crippen molar-refractivity contribution in [3.8, 4) is 0 Å². The van der Waals surface area contributed by atoms with E-state index in [2.05, 4.69) is 55.6 Å². The minimum absolute atomic E-state index is 0.00204. The van der Waals surface area contributed by atoms with E-state index in [-0.39, 0.29) is 19.1 Å². The van der Waals surface area contributed by atoms with Crippen LogP contribution in [0.1, 0.15) is 226 Å². The summed E-state index contributed by atoms with van der Waals surface area (Å²) in [5.74, 6) is -0.206. The molecule has 0 aliphatic carbocycles. The zero-order valence-corrected chi connectivity index (χ0v) is 41.5. The number of amides is 1. The van der Waals surface area contributed by atoms with Crippen molar-refractivity contribution in [3.05, 3.63) is 48.6 Å². The molecule has 3 unspecified atom stereocenters. The van der Waals surface area contributed by atoms with E-state index < -0.39 is 20.0 Å². The van der Waals surface area contributed by atoms with E-state index in [0.29, 0.717) is 17.4 Å². The maximum Gasteiger partial charge on any atom is 0.268 e. The van der Waals surface area contributed by atoms with Crippen LogP contribution in [0.3, 0.4) is 0 Å². The zero-order chi connectivity index (χ0) is 45.0. The fourth-order valence-electron chi connectivity index (χ4n) is 7.20. The lowest BCUT2D eigenvalue weighted by Gasteiger charge is -2.29. The smallest absolute Gasteiger partial charge is 0.268 e. The first-order valence-corrected chi connectivity index (χ1v) is 27.0. The molecule has 2 N–H and O–H groups in total. The number of allylic oxidation sites excluding steroid dienone is 7. The normalized spacial score (nSPS) is 14.5. The van der Waals surface area contributed by atoms with Crippen molar-refractivity contribution >= 4 is 13.7 Å². The molecule has 0 heterocycles. The number of aliphatic hydroxyl groups is 1. The molecule has 0 bridgehead atoms. The quantitative estimate of drug-likeness (QED) is 0.0273. The molecule has 0 saturated carbocycles. The molecule has 8 nitrogen and oxygen atoms in total. The van der Waals surface area contributed by atoms with E-state index in [0.717, 1.165) is 51.4 Å². The minimum atomic E-state index is -4.57. The van der Waals surface area contributed by atoms with Crippen LogP contribution in [0.2, 0.25) is 0 Å². The number of nitrogens with zero attached hydrogens (tertiary/aromatic N) is 1. The standard InChI is InChI=1S/C52H99N2O6P/c1-6-8-10-12-13-14-15-16-17-18-19-20-21-22-23-24-25-26-27-28-29-30-31-32-33-34-35-36-37-38-39-40-41-42-44-46-52(56)53-50(51(55)45-43-11-9-7-2)49-60-61(57,58)59-48-47-54(3,4)5/h15-16,18-19,21-22,43,45,50-51,55H,6-14,17,20,23-42,44,46-49H2,1-5H3,(H-,53,56,57,58)/b16-15-,19-18-,22-21-,45-43+. The molecule has 0 aliphatic rings. The summed E-state index contributed by atoms with van der Waals surface area (Å²) < 4.78 is 23.0. The van der Waals surface area contributed by atoms with Gasteiger partial charge in [0.25, 0.3) is 7.82 Å². The molecule has 0 aromatic heterocycles. The molecule has 0 rings (SSSR count). The second-order valence-electron chi connectivity index (χ2n) is 18.5. The number of carbonyl (C=O) groups excluding carboxylic acids is 1. The van der Waals surface area contributed by atoms with Gasteiger partial charge in [0, 0.05) is 6.42 Å². The van der Waals surface area contributed by atoms with Crippen LogP contribution in [0.5, 0.6) is 0 Å². The first-order chi connectivity index (χ1) is 29.5. The number of aliphatic hydroxyl groups excluding tert-OH is 1. The molecule has 0 spiro atoms. The van der Waals surface area contributed by atoms with Gasteiger partial charge in [-0.05, 0) is 51.4 Å². The van der Waals surface area contributed by atoms with Crippen molar-refractivity contribution in [2.75, 3.05) is 40.9 Å². The van der Waals surface area contributed by atoms with Gasteiger partial charge in [-0.3, -0.25) is 9.36 Å². The number of rotatable bonds is 46. The van der Waals surface area contributed by atoms with Crippen LogP contribution in [0, 0.1) is 0 Å². The Morgan fingerprint density at radius 2 is 0.967 bits per heavy atom. The highest BCUT2D eigenvalue weighted by molar-refractivity contribution is 7.45. The number of carbonyl (C=O) groups is 1. The van der Waals surface area contributed by atoms with Crippen LogP contribution in [0.4, 0.5) is 0 Å². The summed E-state index contributed by atoms with van der Waals surface area (Å²) in [4.78, 5) is 25.1.